The van der Waals surface area contributed by atoms with Crippen LogP contribution in [0.4, 0.5) is 0 Å². The first-order chi connectivity index (χ1) is 14.7. The number of thiazole rings is 1. The maximum absolute atomic E-state index is 12.6. The number of fused-ring (bicyclic) bond motifs is 1. The Bertz CT molecular complexity index is 1020. The van der Waals surface area contributed by atoms with Crippen LogP contribution in [0.3, 0.4) is 0 Å². The minimum atomic E-state index is 0.0319. The first-order valence-electron chi connectivity index (χ1n) is 9.92. The Kier molecular flexibility index (Phi) is 6.30. The van der Waals surface area contributed by atoms with Gasteiger partial charge in [-0.3, -0.25) is 9.69 Å². The van der Waals surface area contributed by atoms with Gasteiger partial charge >= 0.3 is 0 Å². The van der Waals surface area contributed by atoms with Crippen LogP contribution in [0.2, 0.25) is 0 Å². The molecule has 1 aromatic heterocycles. The number of benzene rings is 2. The standard InChI is InChI=1S/C23H25N3O3S/c1-28-19-9-7-17(15-20(19)29-2)8-10-23(27)26-13-11-25(12-14-26)16-22-24-18-5-3-4-6-21(18)30-22/h3-10,15H,11-14,16H2,1-2H3. The summed E-state index contributed by atoms with van der Waals surface area (Å²) in [6, 6.07) is 13.8. The molecule has 0 radical (unpaired) electrons. The average Bonchev–Trinajstić information content (AvgIpc) is 3.20. The van der Waals surface area contributed by atoms with Crippen LogP contribution in [0, 0.1) is 0 Å². The summed E-state index contributed by atoms with van der Waals surface area (Å²) >= 11 is 1.75. The lowest BCUT2D eigenvalue weighted by Crippen LogP contribution is -2.47. The number of hydrogen-bond donors (Lipinski definition) is 0. The van der Waals surface area contributed by atoms with Crippen LogP contribution in [0.15, 0.2) is 48.5 Å². The summed E-state index contributed by atoms with van der Waals surface area (Å²) in [6.07, 6.45) is 3.45. The Morgan fingerprint density at radius 2 is 1.83 bits per heavy atom. The van der Waals surface area contributed by atoms with Gasteiger partial charge in [-0.2, -0.15) is 0 Å². The van der Waals surface area contributed by atoms with E-state index in [4.69, 9.17) is 14.5 Å². The third kappa shape index (κ3) is 4.63. The van der Waals surface area contributed by atoms with Crippen molar-refractivity contribution in [2.75, 3.05) is 40.4 Å². The molecule has 4 rings (SSSR count). The number of rotatable bonds is 6. The fourth-order valence-corrected chi connectivity index (χ4v) is 4.54. The molecule has 30 heavy (non-hydrogen) atoms. The van der Waals surface area contributed by atoms with E-state index in [2.05, 4.69) is 17.0 Å². The maximum Gasteiger partial charge on any atom is 0.246 e. The van der Waals surface area contributed by atoms with Crippen molar-refractivity contribution in [3.63, 3.8) is 0 Å². The van der Waals surface area contributed by atoms with Gasteiger partial charge in [-0.05, 0) is 35.9 Å². The zero-order valence-electron chi connectivity index (χ0n) is 17.2. The monoisotopic (exact) mass is 423 g/mol. The molecule has 0 spiro atoms. The lowest BCUT2D eigenvalue weighted by Gasteiger charge is -2.33. The van der Waals surface area contributed by atoms with E-state index in [1.165, 1.54) is 4.70 Å². The topological polar surface area (TPSA) is 54.9 Å². The molecule has 1 saturated heterocycles. The van der Waals surface area contributed by atoms with Gasteiger partial charge in [0, 0.05) is 32.3 Å². The van der Waals surface area contributed by atoms with Crippen LogP contribution >= 0.6 is 11.3 Å². The van der Waals surface area contributed by atoms with E-state index in [-0.39, 0.29) is 5.91 Å². The quantitative estimate of drug-likeness (QED) is 0.566. The molecule has 6 nitrogen and oxygen atoms in total. The van der Waals surface area contributed by atoms with E-state index < -0.39 is 0 Å². The summed E-state index contributed by atoms with van der Waals surface area (Å²) in [4.78, 5) is 21.6. The fourth-order valence-electron chi connectivity index (χ4n) is 3.53. The Morgan fingerprint density at radius 1 is 1.07 bits per heavy atom. The van der Waals surface area contributed by atoms with Crippen molar-refractivity contribution in [2.45, 2.75) is 6.54 Å². The molecule has 1 fully saturated rings. The molecule has 2 aromatic carbocycles. The van der Waals surface area contributed by atoms with Crippen molar-refractivity contribution >= 4 is 33.5 Å². The molecule has 0 atom stereocenters. The third-order valence-electron chi connectivity index (χ3n) is 5.21. The first kappa shape index (κ1) is 20.4. The summed E-state index contributed by atoms with van der Waals surface area (Å²) < 4.78 is 11.8. The highest BCUT2D eigenvalue weighted by Crippen LogP contribution is 2.28. The highest BCUT2D eigenvalue weighted by atomic mass is 32.1. The number of piperazine rings is 1. The van der Waals surface area contributed by atoms with Crippen LogP contribution in [-0.2, 0) is 11.3 Å². The van der Waals surface area contributed by atoms with E-state index in [1.807, 2.05) is 41.3 Å². The number of para-hydroxylation sites is 1. The number of carbonyl (C=O) groups is 1. The molecule has 0 saturated carbocycles. The second-order valence-electron chi connectivity index (χ2n) is 7.12. The first-order valence-corrected chi connectivity index (χ1v) is 10.7. The van der Waals surface area contributed by atoms with Crippen LogP contribution in [0.5, 0.6) is 11.5 Å². The normalized spacial score (nSPS) is 15.1. The van der Waals surface area contributed by atoms with Gasteiger partial charge in [0.1, 0.15) is 5.01 Å². The van der Waals surface area contributed by atoms with E-state index in [9.17, 15) is 4.79 Å². The van der Waals surface area contributed by atoms with E-state index in [0.29, 0.717) is 11.5 Å². The summed E-state index contributed by atoms with van der Waals surface area (Å²) in [5, 5.41) is 1.13. The molecule has 0 bridgehead atoms. The molecule has 1 aliphatic rings. The number of ether oxygens (including phenoxy) is 2. The Morgan fingerprint density at radius 3 is 2.57 bits per heavy atom. The second-order valence-corrected chi connectivity index (χ2v) is 8.24. The molecule has 2 heterocycles. The van der Waals surface area contributed by atoms with E-state index in [1.54, 1.807) is 31.6 Å². The molecular weight excluding hydrogens is 398 g/mol. The predicted octanol–water partition coefficient (Wildman–Crippen LogP) is 3.67. The van der Waals surface area contributed by atoms with Crippen molar-refractivity contribution in [1.29, 1.82) is 0 Å². The molecule has 156 valence electrons. The molecule has 3 aromatic rings. The number of methoxy groups -OCH3 is 2. The molecule has 1 amide bonds. The second kappa shape index (κ2) is 9.28. The fraction of sp³-hybridized carbons (Fsp3) is 0.304. The zero-order chi connectivity index (χ0) is 20.9. The Labute approximate surface area is 180 Å². The summed E-state index contributed by atoms with van der Waals surface area (Å²) in [5.41, 5.74) is 1.96. The van der Waals surface area contributed by atoms with Crippen molar-refractivity contribution in [3.05, 3.63) is 59.1 Å². The molecule has 0 N–H and O–H groups in total. The molecule has 1 aliphatic heterocycles. The molecular formula is C23H25N3O3S. The molecule has 0 unspecified atom stereocenters. The van der Waals surface area contributed by atoms with Crippen LogP contribution in [0.1, 0.15) is 10.6 Å². The number of carbonyl (C=O) groups excluding carboxylic acids is 1. The molecule has 0 aliphatic carbocycles. The summed E-state index contributed by atoms with van der Waals surface area (Å²) in [7, 11) is 3.21. The highest BCUT2D eigenvalue weighted by molar-refractivity contribution is 7.18. The lowest BCUT2D eigenvalue weighted by atomic mass is 10.2. The average molecular weight is 424 g/mol. The minimum Gasteiger partial charge on any atom is -0.493 e. The van der Waals surface area contributed by atoms with Gasteiger partial charge in [0.2, 0.25) is 5.91 Å². The Balaban J connectivity index is 1.31. The van der Waals surface area contributed by atoms with Gasteiger partial charge in [0.05, 0.1) is 31.0 Å². The van der Waals surface area contributed by atoms with Gasteiger partial charge in [0.15, 0.2) is 11.5 Å². The zero-order valence-corrected chi connectivity index (χ0v) is 18.0. The van der Waals surface area contributed by atoms with Gasteiger partial charge < -0.3 is 14.4 Å². The minimum absolute atomic E-state index is 0.0319. The number of hydrogen-bond acceptors (Lipinski definition) is 6. The van der Waals surface area contributed by atoms with Crippen LogP contribution in [0.25, 0.3) is 16.3 Å². The number of aromatic nitrogens is 1. The SMILES string of the molecule is COc1ccc(C=CC(=O)N2CCN(Cc3nc4ccccc4s3)CC2)cc1OC. The summed E-state index contributed by atoms with van der Waals surface area (Å²) in [6.45, 7) is 3.99. The van der Waals surface area contributed by atoms with Crippen molar-refractivity contribution in [3.8, 4) is 11.5 Å². The van der Waals surface area contributed by atoms with Crippen molar-refractivity contribution < 1.29 is 14.3 Å². The van der Waals surface area contributed by atoms with E-state index >= 15 is 0 Å². The maximum atomic E-state index is 12.6. The largest absolute Gasteiger partial charge is 0.493 e. The van der Waals surface area contributed by atoms with Gasteiger partial charge in [-0.15, -0.1) is 11.3 Å². The highest BCUT2D eigenvalue weighted by Gasteiger charge is 2.20. The van der Waals surface area contributed by atoms with Crippen LogP contribution < -0.4 is 9.47 Å². The number of amides is 1. The molecule has 7 heteroatoms. The number of nitrogens with zero attached hydrogens (tertiary/aromatic N) is 3. The van der Waals surface area contributed by atoms with Gasteiger partial charge in [-0.1, -0.05) is 18.2 Å². The lowest BCUT2D eigenvalue weighted by molar-refractivity contribution is -0.127. The van der Waals surface area contributed by atoms with Crippen molar-refractivity contribution in [1.82, 2.24) is 14.8 Å². The van der Waals surface area contributed by atoms with E-state index in [0.717, 1.165) is 48.8 Å². The van der Waals surface area contributed by atoms with Gasteiger partial charge in [0.25, 0.3) is 0 Å². The smallest absolute Gasteiger partial charge is 0.246 e. The Hall–Kier alpha value is -2.90. The van der Waals surface area contributed by atoms with Gasteiger partial charge in [-0.25, -0.2) is 4.98 Å². The van der Waals surface area contributed by atoms with Crippen molar-refractivity contribution in [2.24, 2.45) is 0 Å². The summed E-state index contributed by atoms with van der Waals surface area (Å²) in [5.74, 6) is 1.35. The van der Waals surface area contributed by atoms with Crippen LogP contribution in [-0.4, -0.2) is 61.1 Å². The predicted molar refractivity (Wildman–Crippen MR) is 120 cm³/mol. The third-order valence-corrected chi connectivity index (χ3v) is 6.23.